The van der Waals surface area contributed by atoms with Crippen LogP contribution in [0.2, 0.25) is 0 Å². The van der Waals surface area contributed by atoms with E-state index in [1.807, 2.05) is 0 Å². The average Bonchev–Trinajstić information content (AvgIpc) is 2.36. The zero-order valence-electron chi connectivity index (χ0n) is 12.6. The monoisotopic (exact) mass is 260 g/mol. The quantitative estimate of drug-likeness (QED) is 0.826. The second kappa shape index (κ2) is 5.43. The van der Waals surface area contributed by atoms with Crippen LogP contribution in [0.5, 0.6) is 0 Å². The second-order valence-corrected chi connectivity index (χ2v) is 5.77. The van der Waals surface area contributed by atoms with E-state index in [1.54, 1.807) is 0 Å². The Morgan fingerprint density at radius 2 is 1.79 bits per heavy atom. The second-order valence-electron chi connectivity index (χ2n) is 5.77. The number of rotatable bonds is 2. The maximum absolute atomic E-state index is 12.8. The molecule has 0 aromatic heterocycles. The number of nitrogens with one attached hydrogen (secondary N) is 1. The number of hydrogen-bond donors (Lipinski definition) is 1. The van der Waals surface area contributed by atoms with Crippen molar-refractivity contribution in [2.45, 2.75) is 33.7 Å². The lowest BCUT2D eigenvalue weighted by Gasteiger charge is -2.31. The number of carbonyl (C=O) groups excluding carboxylic acids is 1. The molecule has 0 radical (unpaired) electrons. The van der Waals surface area contributed by atoms with E-state index in [-0.39, 0.29) is 11.8 Å². The molecule has 19 heavy (non-hydrogen) atoms. The first-order valence-electron chi connectivity index (χ1n) is 6.95. The van der Waals surface area contributed by atoms with Crippen LogP contribution in [-0.4, -0.2) is 43.4 Å². The number of hydrogen-bond acceptors (Lipinski definition) is 3. The molecule has 104 valence electrons. The maximum Gasteiger partial charge on any atom is 0.181 e. The van der Waals surface area contributed by atoms with Crippen molar-refractivity contribution in [1.29, 1.82) is 0 Å². The van der Waals surface area contributed by atoms with Crippen molar-refractivity contribution in [3.63, 3.8) is 0 Å². The molecule has 0 bridgehead atoms. The van der Waals surface area contributed by atoms with Gasteiger partial charge in [0.2, 0.25) is 0 Å². The van der Waals surface area contributed by atoms with E-state index in [4.69, 9.17) is 0 Å². The maximum atomic E-state index is 12.8. The summed E-state index contributed by atoms with van der Waals surface area (Å²) < 4.78 is 0. The highest BCUT2D eigenvalue weighted by Crippen LogP contribution is 2.23. The molecule has 3 heteroatoms. The van der Waals surface area contributed by atoms with Crippen LogP contribution in [0.1, 0.15) is 32.6 Å². The Labute approximate surface area is 116 Å². The summed E-state index contributed by atoms with van der Waals surface area (Å²) in [6.45, 7) is 11.0. The van der Waals surface area contributed by atoms with Crippen molar-refractivity contribution in [2.75, 3.05) is 26.7 Å². The lowest BCUT2D eigenvalue weighted by molar-refractivity contribution is 0.0893. The third kappa shape index (κ3) is 2.72. The first-order chi connectivity index (χ1) is 8.91. The van der Waals surface area contributed by atoms with Crippen molar-refractivity contribution in [3.8, 4) is 0 Å². The summed E-state index contributed by atoms with van der Waals surface area (Å²) in [6, 6.07) is 2.10. The van der Waals surface area contributed by atoms with Crippen LogP contribution in [0, 0.1) is 27.7 Å². The molecule has 1 aromatic rings. The van der Waals surface area contributed by atoms with Gasteiger partial charge in [-0.25, -0.2) is 0 Å². The Balaban J connectivity index is 2.38. The van der Waals surface area contributed by atoms with Crippen molar-refractivity contribution < 1.29 is 4.79 Å². The summed E-state index contributed by atoms with van der Waals surface area (Å²) in [5.41, 5.74) is 5.59. The molecule has 0 amide bonds. The Kier molecular flexibility index (Phi) is 4.07. The Bertz CT molecular complexity index is 482. The fourth-order valence-electron chi connectivity index (χ4n) is 2.83. The number of aryl methyl sites for hydroxylation is 2. The number of benzene rings is 1. The largest absolute Gasteiger partial charge is 0.305 e. The smallest absolute Gasteiger partial charge is 0.181 e. The van der Waals surface area contributed by atoms with E-state index in [0.29, 0.717) is 0 Å². The lowest BCUT2D eigenvalue weighted by Crippen LogP contribution is -2.53. The number of likely N-dealkylation sites (N-methyl/N-ethyl adjacent to an activating group) is 1. The van der Waals surface area contributed by atoms with Crippen LogP contribution >= 0.6 is 0 Å². The number of nitrogens with zero attached hydrogens (tertiary/aromatic N) is 1. The van der Waals surface area contributed by atoms with Gasteiger partial charge < -0.3 is 10.2 Å². The highest BCUT2D eigenvalue weighted by molar-refractivity contribution is 6.03. The predicted octanol–water partition coefficient (Wildman–Crippen LogP) is 2.01. The van der Waals surface area contributed by atoms with E-state index >= 15 is 0 Å². The fraction of sp³-hybridized carbons (Fsp3) is 0.562. The zero-order valence-corrected chi connectivity index (χ0v) is 12.6. The van der Waals surface area contributed by atoms with Gasteiger partial charge in [0.15, 0.2) is 5.78 Å². The van der Waals surface area contributed by atoms with Crippen molar-refractivity contribution in [3.05, 3.63) is 33.9 Å². The molecule has 2 rings (SSSR count). The van der Waals surface area contributed by atoms with Crippen molar-refractivity contribution in [1.82, 2.24) is 10.2 Å². The number of ketones is 1. The molecule has 1 aliphatic heterocycles. The summed E-state index contributed by atoms with van der Waals surface area (Å²) in [6.07, 6.45) is 0. The normalized spacial score (nSPS) is 20.6. The van der Waals surface area contributed by atoms with Crippen LogP contribution < -0.4 is 5.32 Å². The summed E-state index contributed by atoms with van der Waals surface area (Å²) in [4.78, 5) is 15.0. The van der Waals surface area contributed by atoms with Crippen LogP contribution in [0.15, 0.2) is 6.07 Å². The van der Waals surface area contributed by atoms with E-state index in [9.17, 15) is 4.79 Å². The molecule has 1 unspecified atom stereocenters. The minimum atomic E-state index is -0.0719. The third-order valence-corrected chi connectivity index (χ3v) is 4.31. The SMILES string of the molecule is Cc1cc(C)c(C)c(C(=O)C2CN(C)CCN2)c1C. The number of carbonyl (C=O) groups is 1. The topological polar surface area (TPSA) is 32.3 Å². The molecule has 1 N–H and O–H groups in total. The van der Waals surface area contributed by atoms with E-state index in [1.165, 1.54) is 11.1 Å². The fourth-order valence-corrected chi connectivity index (χ4v) is 2.83. The average molecular weight is 260 g/mol. The predicted molar refractivity (Wildman–Crippen MR) is 79.0 cm³/mol. The summed E-state index contributed by atoms with van der Waals surface area (Å²) in [7, 11) is 2.07. The molecule has 3 nitrogen and oxygen atoms in total. The molecule has 1 aromatic carbocycles. The van der Waals surface area contributed by atoms with E-state index < -0.39 is 0 Å². The summed E-state index contributed by atoms with van der Waals surface area (Å²) in [5.74, 6) is 0.244. The van der Waals surface area contributed by atoms with E-state index in [2.05, 4.69) is 51.0 Å². The first-order valence-corrected chi connectivity index (χ1v) is 6.95. The molecule has 1 heterocycles. The van der Waals surface area contributed by atoms with Crippen LogP contribution in [0.4, 0.5) is 0 Å². The molecule has 1 saturated heterocycles. The highest BCUT2D eigenvalue weighted by atomic mass is 16.1. The summed E-state index contributed by atoms with van der Waals surface area (Å²) in [5, 5.41) is 3.35. The molecule has 0 aliphatic carbocycles. The van der Waals surface area contributed by atoms with Gasteiger partial charge in [-0.2, -0.15) is 0 Å². The standard InChI is InChI=1S/C16H24N2O/c1-10-8-11(2)13(4)15(12(10)3)16(19)14-9-18(5)7-6-17-14/h8,14,17H,6-7,9H2,1-5H3. The molecule has 1 atom stereocenters. The molecular weight excluding hydrogens is 236 g/mol. The van der Waals surface area contributed by atoms with Gasteiger partial charge in [-0.3, -0.25) is 4.79 Å². The van der Waals surface area contributed by atoms with Gasteiger partial charge in [0.1, 0.15) is 0 Å². The minimum absolute atomic E-state index is 0.0719. The Morgan fingerprint density at radius 1 is 1.21 bits per heavy atom. The minimum Gasteiger partial charge on any atom is -0.305 e. The molecule has 0 saturated carbocycles. The molecule has 1 fully saturated rings. The first kappa shape index (κ1) is 14.2. The Hall–Kier alpha value is -1.19. The van der Waals surface area contributed by atoms with Crippen LogP contribution in [-0.2, 0) is 0 Å². The summed E-state index contributed by atoms with van der Waals surface area (Å²) >= 11 is 0. The zero-order chi connectivity index (χ0) is 14.2. The van der Waals surface area contributed by atoms with Gasteiger partial charge in [0.05, 0.1) is 6.04 Å². The number of piperazine rings is 1. The third-order valence-electron chi connectivity index (χ3n) is 4.31. The van der Waals surface area contributed by atoms with Crippen molar-refractivity contribution >= 4 is 5.78 Å². The van der Waals surface area contributed by atoms with Gasteiger partial charge in [-0.15, -0.1) is 0 Å². The van der Waals surface area contributed by atoms with Gasteiger partial charge in [-0.05, 0) is 57.0 Å². The molecular formula is C16H24N2O. The van der Waals surface area contributed by atoms with Crippen LogP contribution in [0.25, 0.3) is 0 Å². The highest BCUT2D eigenvalue weighted by Gasteiger charge is 2.27. The van der Waals surface area contributed by atoms with E-state index in [0.717, 1.165) is 36.3 Å². The number of Topliss-reactive ketones (excluding diaryl/α,β-unsaturated/α-hetero) is 1. The molecule has 1 aliphatic rings. The molecule has 0 spiro atoms. The van der Waals surface area contributed by atoms with Gasteiger partial charge >= 0.3 is 0 Å². The van der Waals surface area contributed by atoms with Gasteiger partial charge in [0.25, 0.3) is 0 Å². The van der Waals surface area contributed by atoms with Crippen molar-refractivity contribution in [2.24, 2.45) is 0 Å². The Morgan fingerprint density at radius 3 is 2.32 bits per heavy atom. The van der Waals surface area contributed by atoms with Gasteiger partial charge in [0, 0.05) is 25.2 Å². The van der Waals surface area contributed by atoms with Gasteiger partial charge in [-0.1, -0.05) is 6.07 Å². The van der Waals surface area contributed by atoms with Crippen LogP contribution in [0.3, 0.4) is 0 Å². The lowest BCUT2D eigenvalue weighted by atomic mass is 9.89.